The molecule has 0 aliphatic heterocycles. The van der Waals surface area contributed by atoms with Gasteiger partial charge in [-0.05, 0) is 13.0 Å². The van der Waals surface area contributed by atoms with Gasteiger partial charge in [0.25, 0.3) is 5.65 Å². The number of allylic oxidation sites excluding steroid dienone is 3. The highest BCUT2D eigenvalue weighted by molar-refractivity contribution is 5.67. The lowest BCUT2D eigenvalue weighted by Gasteiger charge is -1.94. The first kappa shape index (κ1) is 9.58. The maximum absolute atomic E-state index is 4.31. The van der Waals surface area contributed by atoms with Crippen molar-refractivity contribution in [2.45, 2.75) is 6.92 Å². The van der Waals surface area contributed by atoms with Crippen LogP contribution in [0.2, 0.25) is 0 Å². The molecule has 0 radical (unpaired) electrons. The summed E-state index contributed by atoms with van der Waals surface area (Å²) in [5, 5.41) is 0. The Morgan fingerprint density at radius 2 is 2.20 bits per heavy atom. The Morgan fingerprint density at radius 1 is 1.47 bits per heavy atom. The Balaban J connectivity index is 2.72. The molecule has 76 valence electrons. The van der Waals surface area contributed by atoms with Gasteiger partial charge in [0.05, 0.1) is 18.9 Å². The predicted molar refractivity (Wildman–Crippen MR) is 58.8 cm³/mol. The fourth-order valence-electron chi connectivity index (χ4n) is 1.53. The molecule has 0 N–H and O–H groups in total. The predicted octanol–water partition coefficient (Wildman–Crippen LogP) is 1.30. The number of hydrogen-bond donors (Lipinski definition) is 0. The molecule has 2 rings (SSSR count). The van der Waals surface area contributed by atoms with Gasteiger partial charge >= 0.3 is 5.65 Å². The Labute approximate surface area is 88.2 Å². The van der Waals surface area contributed by atoms with E-state index in [1.54, 1.807) is 18.5 Å². The molecule has 0 aromatic carbocycles. The molecule has 0 spiro atoms. The molecule has 0 saturated heterocycles. The third kappa shape index (κ3) is 1.54. The molecule has 0 aliphatic carbocycles. The van der Waals surface area contributed by atoms with Crippen molar-refractivity contribution in [1.29, 1.82) is 0 Å². The molecule has 0 bridgehead atoms. The fraction of sp³-hybridized carbons (Fsp3) is 0.182. The van der Waals surface area contributed by atoms with Crippen LogP contribution in [0.5, 0.6) is 0 Å². The monoisotopic (exact) mass is 201 g/mol. The second kappa shape index (κ2) is 3.65. The van der Waals surface area contributed by atoms with Crippen LogP contribution in [0.25, 0.3) is 17.0 Å². The first-order chi connectivity index (χ1) is 7.24. The highest BCUT2D eigenvalue weighted by atomic mass is 15.2. The van der Waals surface area contributed by atoms with Gasteiger partial charge in [-0.15, -0.1) is 4.98 Å². The van der Waals surface area contributed by atoms with E-state index >= 15 is 0 Å². The lowest BCUT2D eigenvalue weighted by atomic mass is 10.4. The molecule has 2 aromatic rings. The molecular formula is C11H13N4+. The lowest BCUT2D eigenvalue weighted by molar-refractivity contribution is -0.647. The number of aromatic nitrogens is 4. The molecule has 2 aromatic heterocycles. The van der Waals surface area contributed by atoms with Gasteiger partial charge in [-0.2, -0.15) is 0 Å². The molecule has 4 nitrogen and oxygen atoms in total. The van der Waals surface area contributed by atoms with Crippen LogP contribution in [0.4, 0.5) is 0 Å². The van der Waals surface area contributed by atoms with Gasteiger partial charge in [0, 0.05) is 0 Å². The molecule has 4 heteroatoms. The third-order valence-corrected chi connectivity index (χ3v) is 2.25. The quantitative estimate of drug-likeness (QED) is 0.542. The van der Waals surface area contributed by atoms with Crippen LogP contribution < -0.4 is 4.57 Å². The van der Waals surface area contributed by atoms with Crippen LogP contribution in [0.15, 0.2) is 37.5 Å². The van der Waals surface area contributed by atoms with Crippen LogP contribution in [0.3, 0.4) is 0 Å². The molecule has 0 atom stereocenters. The van der Waals surface area contributed by atoms with Gasteiger partial charge in [-0.25, -0.2) is 14.1 Å². The smallest absolute Gasteiger partial charge is 0.234 e. The maximum Gasteiger partial charge on any atom is 0.322 e. The van der Waals surface area contributed by atoms with Crippen molar-refractivity contribution >= 4 is 17.0 Å². The van der Waals surface area contributed by atoms with E-state index in [0.29, 0.717) is 0 Å². The van der Waals surface area contributed by atoms with E-state index in [1.165, 1.54) is 0 Å². The molecule has 0 amide bonds. The van der Waals surface area contributed by atoms with E-state index in [0.717, 1.165) is 17.0 Å². The normalized spacial score (nSPS) is 12.0. The van der Waals surface area contributed by atoms with Crippen LogP contribution in [-0.4, -0.2) is 14.5 Å². The highest BCUT2D eigenvalue weighted by Crippen LogP contribution is 2.10. The van der Waals surface area contributed by atoms with Gasteiger partial charge in [-0.1, -0.05) is 12.7 Å². The zero-order valence-corrected chi connectivity index (χ0v) is 8.88. The number of hydrogen-bond acceptors (Lipinski definition) is 2. The van der Waals surface area contributed by atoms with E-state index < -0.39 is 0 Å². The lowest BCUT2D eigenvalue weighted by Crippen LogP contribution is -2.26. The summed E-state index contributed by atoms with van der Waals surface area (Å²) in [6.07, 6.45) is 9.05. The Morgan fingerprint density at radius 3 is 2.93 bits per heavy atom. The molecule has 2 heterocycles. The van der Waals surface area contributed by atoms with E-state index in [9.17, 15) is 0 Å². The minimum absolute atomic E-state index is 0.857. The summed E-state index contributed by atoms with van der Waals surface area (Å²) in [5.41, 5.74) is 2.79. The molecule has 0 unspecified atom stereocenters. The van der Waals surface area contributed by atoms with Crippen molar-refractivity contribution in [2.75, 3.05) is 0 Å². The van der Waals surface area contributed by atoms with Crippen molar-refractivity contribution in [1.82, 2.24) is 14.5 Å². The van der Waals surface area contributed by atoms with Crippen LogP contribution in [0, 0.1) is 0 Å². The van der Waals surface area contributed by atoms with Crippen molar-refractivity contribution in [2.24, 2.45) is 7.05 Å². The van der Waals surface area contributed by atoms with Gasteiger partial charge in [0.1, 0.15) is 6.20 Å². The average Bonchev–Trinajstić information content (AvgIpc) is 2.58. The van der Waals surface area contributed by atoms with Crippen molar-refractivity contribution < 1.29 is 4.57 Å². The highest BCUT2D eigenvalue weighted by Gasteiger charge is 2.15. The van der Waals surface area contributed by atoms with Crippen LogP contribution in [0.1, 0.15) is 6.92 Å². The number of aryl methyl sites for hydroxylation is 1. The molecule has 0 fully saturated rings. The van der Waals surface area contributed by atoms with Gasteiger partial charge in [0.15, 0.2) is 6.33 Å². The second-order valence-corrected chi connectivity index (χ2v) is 3.34. The molecule has 0 saturated carbocycles. The zero-order chi connectivity index (χ0) is 10.8. The van der Waals surface area contributed by atoms with E-state index in [-0.39, 0.29) is 0 Å². The Hall–Kier alpha value is -1.97. The van der Waals surface area contributed by atoms with Gasteiger partial charge < -0.3 is 0 Å². The van der Waals surface area contributed by atoms with Gasteiger partial charge in [0.2, 0.25) is 0 Å². The summed E-state index contributed by atoms with van der Waals surface area (Å²) in [5.74, 6) is 0. The molecular weight excluding hydrogens is 188 g/mol. The number of nitrogens with zero attached hydrogens (tertiary/aromatic N) is 4. The minimum Gasteiger partial charge on any atom is -0.234 e. The third-order valence-electron chi connectivity index (χ3n) is 2.25. The number of fused-ring (bicyclic) bond motifs is 1. The van der Waals surface area contributed by atoms with Gasteiger partial charge in [-0.3, -0.25) is 0 Å². The maximum atomic E-state index is 4.31. The minimum atomic E-state index is 0.857. The second-order valence-electron chi connectivity index (χ2n) is 3.34. The summed E-state index contributed by atoms with van der Waals surface area (Å²) in [7, 11) is 1.95. The fourth-order valence-corrected chi connectivity index (χ4v) is 1.53. The largest absolute Gasteiger partial charge is 0.322 e. The summed E-state index contributed by atoms with van der Waals surface area (Å²) < 4.78 is 3.94. The first-order valence-electron chi connectivity index (χ1n) is 4.71. The van der Waals surface area contributed by atoms with Crippen molar-refractivity contribution in [3.63, 3.8) is 0 Å². The SMILES string of the molecule is C=CC=C(C)n1c[n+](C)c2nccnc21. The Bertz CT molecular complexity index is 537. The molecule has 0 aliphatic rings. The van der Waals surface area contributed by atoms with Crippen LogP contribution in [-0.2, 0) is 7.05 Å². The number of imidazole rings is 1. The van der Waals surface area contributed by atoms with Crippen molar-refractivity contribution in [3.8, 4) is 0 Å². The summed E-state index contributed by atoms with van der Waals surface area (Å²) in [4.78, 5) is 8.58. The molecule has 15 heavy (non-hydrogen) atoms. The summed E-state index contributed by atoms with van der Waals surface area (Å²) >= 11 is 0. The summed E-state index contributed by atoms with van der Waals surface area (Å²) in [6.45, 7) is 5.69. The first-order valence-corrected chi connectivity index (χ1v) is 4.71. The zero-order valence-electron chi connectivity index (χ0n) is 8.88. The standard InChI is InChI=1S/C11H13N4/c1-4-5-9(2)15-8-14(3)10-11(15)13-7-6-12-10/h4-8H,1H2,2-3H3/q+1. The van der Waals surface area contributed by atoms with E-state index in [1.807, 2.05) is 35.5 Å². The summed E-state index contributed by atoms with van der Waals surface area (Å²) in [6, 6.07) is 0. The average molecular weight is 201 g/mol. The van der Waals surface area contributed by atoms with Crippen molar-refractivity contribution in [3.05, 3.63) is 37.5 Å². The van der Waals surface area contributed by atoms with E-state index in [4.69, 9.17) is 0 Å². The number of rotatable bonds is 2. The topological polar surface area (TPSA) is 34.6 Å². The van der Waals surface area contributed by atoms with E-state index in [2.05, 4.69) is 16.5 Å². The Kier molecular flexibility index (Phi) is 2.33. The van der Waals surface area contributed by atoms with Crippen LogP contribution >= 0.6 is 0 Å².